The molecule has 0 amide bonds. The zero-order valence-electron chi connectivity index (χ0n) is 10.9. The maximum Gasteiger partial charge on any atom is 0.419 e. The Bertz CT molecular complexity index is 634. The van der Waals surface area contributed by atoms with Crippen molar-refractivity contribution in [3.8, 4) is 0 Å². The van der Waals surface area contributed by atoms with Crippen LogP contribution in [-0.4, -0.2) is 27.9 Å². The number of hydrogen-bond acceptors (Lipinski definition) is 3. The van der Waals surface area contributed by atoms with E-state index in [4.69, 9.17) is 0 Å². The van der Waals surface area contributed by atoms with Gasteiger partial charge in [0.2, 0.25) is 0 Å². The number of halogens is 4. The summed E-state index contributed by atoms with van der Waals surface area (Å²) in [6.45, 7) is 1.80. The third kappa shape index (κ3) is 3.04. The average Bonchev–Trinajstić information content (AvgIpc) is 2.78. The van der Waals surface area contributed by atoms with E-state index in [2.05, 4.69) is 26.0 Å². The lowest BCUT2D eigenvalue weighted by Crippen LogP contribution is -2.49. The van der Waals surface area contributed by atoms with E-state index in [1.54, 1.807) is 15.8 Å². The lowest BCUT2D eigenvalue weighted by molar-refractivity contribution is -0.137. The van der Waals surface area contributed by atoms with Crippen LogP contribution in [0, 0.1) is 5.92 Å². The van der Waals surface area contributed by atoms with Crippen LogP contribution in [0.1, 0.15) is 5.56 Å². The molecule has 0 unspecified atom stereocenters. The Morgan fingerprint density at radius 1 is 1.33 bits per heavy atom. The summed E-state index contributed by atoms with van der Waals surface area (Å²) in [6.07, 6.45) is 0.561. The summed E-state index contributed by atoms with van der Waals surface area (Å²) in [4.78, 5) is 5.55. The molecule has 0 spiro atoms. The summed E-state index contributed by atoms with van der Waals surface area (Å²) < 4.78 is 41.5. The molecule has 4 nitrogen and oxygen atoms in total. The Morgan fingerprint density at radius 3 is 2.71 bits per heavy atom. The van der Waals surface area contributed by atoms with E-state index in [0.29, 0.717) is 19.6 Å². The van der Waals surface area contributed by atoms with Gasteiger partial charge in [0.05, 0.1) is 16.2 Å². The highest BCUT2D eigenvalue weighted by Crippen LogP contribution is 2.37. The fraction of sp³-hybridized carbons (Fsp3) is 0.385. The smallest absolute Gasteiger partial charge is 0.355 e. The Labute approximate surface area is 127 Å². The molecule has 3 rings (SSSR count). The van der Waals surface area contributed by atoms with Crippen LogP contribution >= 0.6 is 15.9 Å². The van der Waals surface area contributed by atoms with E-state index in [1.165, 1.54) is 12.3 Å². The molecule has 0 atom stereocenters. The SMILES string of the molecule is FC(F)(F)c1cccnc1N1CC(Cn2cc(Br)cn2)C1. The van der Waals surface area contributed by atoms with Crippen molar-refractivity contribution < 1.29 is 13.2 Å². The van der Waals surface area contributed by atoms with Crippen molar-refractivity contribution in [3.05, 3.63) is 40.8 Å². The number of alkyl halides is 3. The molecule has 1 aliphatic heterocycles. The lowest BCUT2D eigenvalue weighted by atomic mass is 9.99. The van der Waals surface area contributed by atoms with Gasteiger partial charge in [0.15, 0.2) is 0 Å². The van der Waals surface area contributed by atoms with Crippen molar-refractivity contribution in [1.29, 1.82) is 0 Å². The monoisotopic (exact) mass is 360 g/mol. The molecule has 0 bridgehead atoms. The van der Waals surface area contributed by atoms with E-state index < -0.39 is 11.7 Å². The van der Waals surface area contributed by atoms with Crippen molar-refractivity contribution in [2.75, 3.05) is 18.0 Å². The number of nitrogens with zero attached hydrogens (tertiary/aromatic N) is 4. The number of anilines is 1. The van der Waals surface area contributed by atoms with Gasteiger partial charge >= 0.3 is 6.18 Å². The number of rotatable bonds is 3. The maximum absolute atomic E-state index is 12.9. The maximum atomic E-state index is 12.9. The summed E-state index contributed by atoms with van der Waals surface area (Å²) in [7, 11) is 0. The first-order valence-electron chi connectivity index (χ1n) is 6.38. The van der Waals surface area contributed by atoms with Gasteiger partial charge in [-0.15, -0.1) is 0 Å². The van der Waals surface area contributed by atoms with E-state index in [-0.39, 0.29) is 11.7 Å². The Hall–Kier alpha value is -1.57. The van der Waals surface area contributed by atoms with Crippen LogP contribution in [0.4, 0.5) is 19.0 Å². The van der Waals surface area contributed by atoms with Crippen LogP contribution in [0.3, 0.4) is 0 Å². The van der Waals surface area contributed by atoms with Gasteiger partial charge in [-0.3, -0.25) is 4.68 Å². The minimum atomic E-state index is -4.37. The quantitative estimate of drug-likeness (QED) is 0.842. The Balaban J connectivity index is 1.66. The molecule has 8 heteroatoms. The van der Waals surface area contributed by atoms with E-state index in [9.17, 15) is 13.2 Å². The normalized spacial score (nSPS) is 16.1. The topological polar surface area (TPSA) is 34.0 Å². The second kappa shape index (κ2) is 5.32. The van der Waals surface area contributed by atoms with E-state index in [1.807, 2.05) is 6.20 Å². The molecule has 1 saturated heterocycles. The van der Waals surface area contributed by atoms with Crippen LogP contribution in [-0.2, 0) is 12.7 Å². The van der Waals surface area contributed by atoms with Gasteiger partial charge in [0.1, 0.15) is 5.82 Å². The van der Waals surface area contributed by atoms with Gasteiger partial charge in [-0.05, 0) is 28.1 Å². The predicted octanol–water partition coefficient (Wildman–Crippen LogP) is 3.20. The zero-order valence-corrected chi connectivity index (χ0v) is 12.5. The average molecular weight is 361 g/mol. The van der Waals surface area contributed by atoms with Gasteiger partial charge < -0.3 is 4.90 Å². The minimum Gasteiger partial charge on any atom is -0.355 e. The van der Waals surface area contributed by atoms with Crippen LogP contribution in [0.15, 0.2) is 35.2 Å². The van der Waals surface area contributed by atoms with Crippen LogP contribution in [0.25, 0.3) is 0 Å². The number of hydrogen-bond donors (Lipinski definition) is 0. The molecular formula is C13H12BrF3N4. The molecule has 0 radical (unpaired) electrons. The van der Waals surface area contributed by atoms with Crippen LogP contribution in [0.5, 0.6) is 0 Å². The molecule has 21 heavy (non-hydrogen) atoms. The molecule has 0 aliphatic carbocycles. The highest BCUT2D eigenvalue weighted by Gasteiger charge is 2.38. The lowest BCUT2D eigenvalue weighted by Gasteiger charge is -2.41. The first-order chi connectivity index (χ1) is 9.93. The third-order valence-corrected chi connectivity index (χ3v) is 3.81. The molecule has 0 N–H and O–H groups in total. The van der Waals surface area contributed by atoms with Gasteiger partial charge in [-0.1, -0.05) is 0 Å². The molecule has 0 saturated carbocycles. The second-order valence-corrected chi connectivity index (χ2v) is 5.94. The Morgan fingerprint density at radius 2 is 2.10 bits per heavy atom. The van der Waals surface area contributed by atoms with Crippen molar-refractivity contribution >= 4 is 21.7 Å². The summed E-state index contributed by atoms with van der Waals surface area (Å²) >= 11 is 3.31. The van der Waals surface area contributed by atoms with Gasteiger partial charge in [0, 0.05) is 37.9 Å². The van der Waals surface area contributed by atoms with Gasteiger partial charge in [0.25, 0.3) is 0 Å². The molecule has 3 heterocycles. The van der Waals surface area contributed by atoms with Gasteiger partial charge in [-0.2, -0.15) is 18.3 Å². The molecular weight excluding hydrogens is 349 g/mol. The molecule has 2 aromatic heterocycles. The molecule has 2 aromatic rings. The fourth-order valence-corrected chi connectivity index (χ4v) is 2.76. The molecule has 1 fully saturated rings. The second-order valence-electron chi connectivity index (χ2n) is 5.02. The molecule has 1 aliphatic rings. The highest BCUT2D eigenvalue weighted by molar-refractivity contribution is 9.10. The van der Waals surface area contributed by atoms with E-state index >= 15 is 0 Å². The standard InChI is InChI=1S/C13H12BrF3N4/c14-10-4-19-21(8-10)7-9-5-20(6-9)12-11(13(15,16)17)2-1-3-18-12/h1-4,8-9H,5-7H2. The molecule has 0 aromatic carbocycles. The third-order valence-electron chi connectivity index (χ3n) is 3.40. The van der Waals surface area contributed by atoms with Crippen molar-refractivity contribution in [2.24, 2.45) is 5.92 Å². The first-order valence-corrected chi connectivity index (χ1v) is 7.18. The molecule has 112 valence electrons. The fourth-order valence-electron chi connectivity index (χ4n) is 2.43. The summed E-state index contributed by atoms with van der Waals surface area (Å²) in [5.74, 6) is 0.294. The number of aromatic nitrogens is 3. The highest BCUT2D eigenvalue weighted by atomic mass is 79.9. The zero-order chi connectivity index (χ0) is 15.0. The van der Waals surface area contributed by atoms with Crippen LogP contribution in [0.2, 0.25) is 0 Å². The van der Waals surface area contributed by atoms with Crippen molar-refractivity contribution in [2.45, 2.75) is 12.7 Å². The first kappa shape index (κ1) is 14.4. The van der Waals surface area contributed by atoms with Crippen molar-refractivity contribution in [1.82, 2.24) is 14.8 Å². The summed E-state index contributed by atoms with van der Waals surface area (Å²) in [5.41, 5.74) is -0.676. The summed E-state index contributed by atoms with van der Waals surface area (Å²) in [5, 5.41) is 4.15. The van der Waals surface area contributed by atoms with E-state index in [0.717, 1.165) is 10.5 Å². The van der Waals surface area contributed by atoms with Crippen LogP contribution < -0.4 is 4.90 Å². The van der Waals surface area contributed by atoms with Crippen molar-refractivity contribution in [3.63, 3.8) is 0 Å². The minimum absolute atomic E-state index is 0.0166. The van der Waals surface area contributed by atoms with Gasteiger partial charge in [-0.25, -0.2) is 4.98 Å². The summed E-state index contributed by atoms with van der Waals surface area (Å²) in [6, 6.07) is 2.38. The largest absolute Gasteiger partial charge is 0.419 e. The predicted molar refractivity (Wildman–Crippen MR) is 74.9 cm³/mol. The Kier molecular flexibility index (Phi) is 3.64. The number of pyridine rings is 1.